The standard InChI is InChI=1S/C11H10F2N4O/c12-10(13)18-8-3-1-7(2-4-8)16-9-5-6-15-11(14)17-9/h1-6,10H,(H3,14,15,16,17). The summed E-state index contributed by atoms with van der Waals surface area (Å²) in [6.07, 6.45) is 1.51. The van der Waals surface area contributed by atoms with Crippen molar-refractivity contribution < 1.29 is 13.5 Å². The number of nitrogens with two attached hydrogens (primary N) is 1. The minimum atomic E-state index is -2.83. The van der Waals surface area contributed by atoms with E-state index in [0.717, 1.165) is 0 Å². The lowest BCUT2D eigenvalue weighted by atomic mass is 10.3. The highest BCUT2D eigenvalue weighted by Gasteiger charge is 2.04. The third-order valence-electron chi connectivity index (χ3n) is 2.03. The van der Waals surface area contributed by atoms with E-state index >= 15 is 0 Å². The summed E-state index contributed by atoms with van der Waals surface area (Å²) >= 11 is 0. The summed E-state index contributed by atoms with van der Waals surface area (Å²) in [4.78, 5) is 7.70. The molecule has 0 radical (unpaired) electrons. The number of nitrogens with one attached hydrogen (secondary N) is 1. The molecule has 1 aromatic heterocycles. The van der Waals surface area contributed by atoms with Crippen LogP contribution in [0.2, 0.25) is 0 Å². The van der Waals surface area contributed by atoms with Crippen molar-refractivity contribution in [2.45, 2.75) is 6.61 Å². The maximum Gasteiger partial charge on any atom is 0.387 e. The first kappa shape index (κ1) is 12.0. The lowest BCUT2D eigenvalue weighted by molar-refractivity contribution is -0.0498. The van der Waals surface area contributed by atoms with Gasteiger partial charge in [-0.2, -0.15) is 13.8 Å². The smallest absolute Gasteiger partial charge is 0.387 e. The van der Waals surface area contributed by atoms with Gasteiger partial charge in [-0.25, -0.2) is 4.98 Å². The van der Waals surface area contributed by atoms with E-state index in [-0.39, 0.29) is 11.7 Å². The highest BCUT2D eigenvalue weighted by molar-refractivity contribution is 5.57. The highest BCUT2D eigenvalue weighted by atomic mass is 19.3. The van der Waals surface area contributed by atoms with Crippen LogP contribution in [0.5, 0.6) is 5.75 Å². The molecule has 7 heteroatoms. The van der Waals surface area contributed by atoms with Crippen molar-refractivity contribution in [3.63, 3.8) is 0 Å². The summed E-state index contributed by atoms with van der Waals surface area (Å²) in [5, 5.41) is 2.95. The minimum Gasteiger partial charge on any atom is -0.435 e. The Morgan fingerprint density at radius 2 is 1.89 bits per heavy atom. The molecule has 0 fully saturated rings. The molecular weight excluding hydrogens is 242 g/mol. The summed E-state index contributed by atoms with van der Waals surface area (Å²) in [6, 6.07) is 7.68. The Hall–Kier alpha value is -2.44. The zero-order valence-electron chi connectivity index (χ0n) is 9.18. The Kier molecular flexibility index (Phi) is 3.52. The second kappa shape index (κ2) is 5.26. The fourth-order valence-electron chi connectivity index (χ4n) is 1.31. The quantitative estimate of drug-likeness (QED) is 0.874. The minimum absolute atomic E-state index is 0.0951. The van der Waals surface area contributed by atoms with Crippen molar-refractivity contribution in [2.75, 3.05) is 11.1 Å². The summed E-state index contributed by atoms with van der Waals surface area (Å²) in [5.74, 6) is 0.764. The van der Waals surface area contributed by atoms with Gasteiger partial charge >= 0.3 is 6.61 Å². The monoisotopic (exact) mass is 252 g/mol. The van der Waals surface area contributed by atoms with Gasteiger partial charge in [0.05, 0.1) is 0 Å². The number of halogens is 2. The van der Waals surface area contributed by atoms with E-state index in [4.69, 9.17) is 5.73 Å². The first-order valence-corrected chi connectivity index (χ1v) is 5.04. The molecule has 5 nitrogen and oxygen atoms in total. The number of aromatic nitrogens is 2. The molecule has 94 valence electrons. The predicted molar refractivity (Wildman–Crippen MR) is 62.8 cm³/mol. The van der Waals surface area contributed by atoms with Gasteiger partial charge in [0, 0.05) is 11.9 Å². The zero-order valence-corrected chi connectivity index (χ0v) is 9.18. The second-order valence-corrected chi connectivity index (χ2v) is 3.33. The van der Waals surface area contributed by atoms with Gasteiger partial charge in [-0.15, -0.1) is 0 Å². The van der Waals surface area contributed by atoms with E-state index < -0.39 is 6.61 Å². The maximum atomic E-state index is 11.9. The average Bonchev–Trinajstić information content (AvgIpc) is 2.31. The van der Waals surface area contributed by atoms with E-state index in [1.54, 1.807) is 18.2 Å². The van der Waals surface area contributed by atoms with Crippen LogP contribution in [0.25, 0.3) is 0 Å². The molecule has 0 saturated carbocycles. The molecule has 0 unspecified atom stereocenters. The van der Waals surface area contributed by atoms with Crippen LogP contribution in [0, 0.1) is 0 Å². The Bertz CT molecular complexity index is 519. The molecule has 0 saturated heterocycles. The second-order valence-electron chi connectivity index (χ2n) is 3.33. The zero-order chi connectivity index (χ0) is 13.0. The molecule has 2 rings (SSSR count). The maximum absolute atomic E-state index is 11.9. The van der Waals surface area contributed by atoms with Crippen LogP contribution in [0.4, 0.5) is 26.2 Å². The van der Waals surface area contributed by atoms with Gasteiger partial charge in [0.1, 0.15) is 11.6 Å². The third-order valence-corrected chi connectivity index (χ3v) is 2.03. The van der Waals surface area contributed by atoms with Gasteiger partial charge < -0.3 is 15.8 Å². The number of nitrogens with zero attached hydrogens (tertiary/aromatic N) is 2. The molecule has 0 bridgehead atoms. The molecule has 0 atom stereocenters. The van der Waals surface area contributed by atoms with Gasteiger partial charge in [-0.3, -0.25) is 0 Å². The molecular formula is C11H10F2N4O. The van der Waals surface area contributed by atoms with Crippen LogP contribution in [-0.2, 0) is 0 Å². The molecule has 0 spiro atoms. The Morgan fingerprint density at radius 3 is 2.50 bits per heavy atom. The predicted octanol–water partition coefficient (Wildman–Crippen LogP) is 2.40. The molecule has 0 aliphatic carbocycles. The molecule has 0 aliphatic rings. The summed E-state index contributed by atoms with van der Waals surface area (Å²) in [5.41, 5.74) is 6.10. The topological polar surface area (TPSA) is 73.1 Å². The lowest BCUT2D eigenvalue weighted by Gasteiger charge is -2.07. The largest absolute Gasteiger partial charge is 0.435 e. The van der Waals surface area contributed by atoms with Crippen LogP contribution in [0.1, 0.15) is 0 Å². The van der Waals surface area contributed by atoms with Gasteiger partial charge in [0.25, 0.3) is 0 Å². The van der Waals surface area contributed by atoms with Crippen molar-refractivity contribution >= 4 is 17.5 Å². The van der Waals surface area contributed by atoms with Crippen molar-refractivity contribution in [3.05, 3.63) is 36.5 Å². The van der Waals surface area contributed by atoms with Gasteiger partial charge in [-0.05, 0) is 30.3 Å². The molecule has 0 amide bonds. The van der Waals surface area contributed by atoms with Crippen LogP contribution < -0.4 is 15.8 Å². The van der Waals surface area contributed by atoms with Gasteiger partial charge in [0.15, 0.2) is 0 Å². The van der Waals surface area contributed by atoms with E-state index in [1.165, 1.54) is 18.3 Å². The Labute approximate surface area is 102 Å². The molecule has 18 heavy (non-hydrogen) atoms. The molecule has 1 aromatic carbocycles. The van der Waals surface area contributed by atoms with Crippen LogP contribution >= 0.6 is 0 Å². The number of anilines is 3. The number of nitrogen functional groups attached to an aromatic ring is 1. The van der Waals surface area contributed by atoms with Crippen LogP contribution in [-0.4, -0.2) is 16.6 Å². The van der Waals surface area contributed by atoms with Crippen molar-refractivity contribution in [3.8, 4) is 5.75 Å². The molecule has 0 aliphatic heterocycles. The lowest BCUT2D eigenvalue weighted by Crippen LogP contribution is -2.02. The first-order chi connectivity index (χ1) is 8.63. The average molecular weight is 252 g/mol. The number of hydrogen-bond acceptors (Lipinski definition) is 5. The highest BCUT2D eigenvalue weighted by Crippen LogP contribution is 2.20. The van der Waals surface area contributed by atoms with E-state index in [1.807, 2.05) is 0 Å². The van der Waals surface area contributed by atoms with Gasteiger partial charge in [0.2, 0.25) is 5.95 Å². The Balaban J connectivity index is 2.06. The van der Waals surface area contributed by atoms with Crippen molar-refractivity contribution in [1.29, 1.82) is 0 Å². The number of rotatable bonds is 4. The van der Waals surface area contributed by atoms with Crippen molar-refractivity contribution in [1.82, 2.24) is 9.97 Å². The number of hydrogen-bond donors (Lipinski definition) is 2. The summed E-state index contributed by atoms with van der Waals surface area (Å²) in [7, 11) is 0. The molecule has 1 heterocycles. The van der Waals surface area contributed by atoms with E-state index in [9.17, 15) is 8.78 Å². The van der Waals surface area contributed by atoms with E-state index in [2.05, 4.69) is 20.0 Å². The molecule has 2 aromatic rings. The third kappa shape index (κ3) is 3.27. The van der Waals surface area contributed by atoms with Gasteiger partial charge in [-0.1, -0.05) is 0 Å². The first-order valence-electron chi connectivity index (χ1n) is 5.04. The number of ether oxygens (including phenoxy) is 1. The van der Waals surface area contributed by atoms with Crippen LogP contribution in [0.3, 0.4) is 0 Å². The Morgan fingerprint density at radius 1 is 1.17 bits per heavy atom. The molecule has 3 N–H and O–H groups in total. The fourth-order valence-corrected chi connectivity index (χ4v) is 1.31. The SMILES string of the molecule is Nc1nccc(Nc2ccc(OC(F)F)cc2)n1. The van der Waals surface area contributed by atoms with E-state index in [0.29, 0.717) is 11.5 Å². The van der Waals surface area contributed by atoms with Crippen molar-refractivity contribution in [2.24, 2.45) is 0 Å². The number of alkyl halides is 2. The summed E-state index contributed by atoms with van der Waals surface area (Å²) in [6.45, 7) is -2.83. The fraction of sp³-hybridized carbons (Fsp3) is 0.0909. The normalized spacial score (nSPS) is 10.4. The van der Waals surface area contributed by atoms with Crippen LogP contribution in [0.15, 0.2) is 36.5 Å². The summed E-state index contributed by atoms with van der Waals surface area (Å²) < 4.78 is 28.1. The number of benzene rings is 1.